The number of amides is 1. The van der Waals surface area contributed by atoms with E-state index in [1.54, 1.807) is 36.1 Å². The van der Waals surface area contributed by atoms with Crippen molar-refractivity contribution in [1.82, 2.24) is 14.7 Å². The first-order chi connectivity index (χ1) is 12.0. The summed E-state index contributed by atoms with van der Waals surface area (Å²) in [5.41, 5.74) is 0.860. The van der Waals surface area contributed by atoms with Gasteiger partial charge in [0.15, 0.2) is 0 Å². The van der Waals surface area contributed by atoms with E-state index in [0.29, 0.717) is 24.5 Å². The number of likely N-dealkylation sites (tertiary alicyclic amines) is 1. The van der Waals surface area contributed by atoms with Gasteiger partial charge in [-0.3, -0.25) is 14.5 Å². The third-order valence-electron chi connectivity index (χ3n) is 4.18. The van der Waals surface area contributed by atoms with Crippen LogP contribution in [0.15, 0.2) is 30.3 Å². The van der Waals surface area contributed by atoms with Crippen LogP contribution in [0.1, 0.15) is 18.5 Å². The second-order valence-corrected chi connectivity index (χ2v) is 6.05. The fourth-order valence-electron chi connectivity index (χ4n) is 3.06. The molecule has 2 heterocycles. The molecule has 2 aromatic rings. The summed E-state index contributed by atoms with van der Waals surface area (Å²) in [5, 5.41) is 16.1. The predicted octanol–water partition coefficient (Wildman–Crippen LogP) is 1.81. The Morgan fingerprint density at radius 1 is 1.40 bits per heavy atom. The Hall–Kier alpha value is -2.74. The molecule has 0 spiro atoms. The van der Waals surface area contributed by atoms with E-state index in [1.807, 2.05) is 0 Å². The average molecular weight is 346 g/mol. The van der Waals surface area contributed by atoms with Crippen LogP contribution in [0, 0.1) is 12.7 Å². The summed E-state index contributed by atoms with van der Waals surface area (Å²) in [6, 6.07) is 7.15. The number of benzene rings is 1. The normalized spacial score (nSPS) is 17.6. The number of halogens is 1. The number of hydrogen-bond acceptors (Lipinski definition) is 4. The number of anilines is 1. The van der Waals surface area contributed by atoms with Crippen LogP contribution < -0.4 is 5.32 Å². The molecule has 8 heteroatoms. The van der Waals surface area contributed by atoms with Crippen molar-refractivity contribution in [2.75, 3.05) is 18.4 Å². The van der Waals surface area contributed by atoms with Gasteiger partial charge in [0.2, 0.25) is 5.91 Å². The lowest BCUT2D eigenvalue weighted by atomic mass is 10.2. The van der Waals surface area contributed by atoms with E-state index in [0.717, 1.165) is 6.42 Å². The summed E-state index contributed by atoms with van der Waals surface area (Å²) in [6.07, 6.45) is 1.28. The van der Waals surface area contributed by atoms with Gasteiger partial charge in [-0.2, -0.15) is 5.10 Å². The Morgan fingerprint density at radius 2 is 2.16 bits per heavy atom. The van der Waals surface area contributed by atoms with Gasteiger partial charge in [-0.25, -0.2) is 9.07 Å². The largest absolute Gasteiger partial charge is 0.480 e. The molecule has 0 saturated carbocycles. The van der Waals surface area contributed by atoms with Gasteiger partial charge in [-0.15, -0.1) is 0 Å². The molecule has 0 radical (unpaired) electrons. The Bertz CT molecular complexity index is 805. The second kappa shape index (κ2) is 7.02. The summed E-state index contributed by atoms with van der Waals surface area (Å²) in [7, 11) is 0. The number of carbonyl (C=O) groups is 2. The van der Waals surface area contributed by atoms with Gasteiger partial charge < -0.3 is 10.4 Å². The molecular formula is C17H19FN4O3. The summed E-state index contributed by atoms with van der Waals surface area (Å²) < 4.78 is 15.4. The quantitative estimate of drug-likeness (QED) is 0.862. The lowest BCUT2D eigenvalue weighted by molar-refractivity contribution is -0.142. The smallest absolute Gasteiger partial charge is 0.320 e. The van der Waals surface area contributed by atoms with Crippen molar-refractivity contribution in [1.29, 1.82) is 0 Å². The van der Waals surface area contributed by atoms with Crippen LogP contribution in [0.25, 0.3) is 5.69 Å². The van der Waals surface area contributed by atoms with Crippen molar-refractivity contribution in [3.8, 4) is 5.69 Å². The Morgan fingerprint density at radius 3 is 2.88 bits per heavy atom. The van der Waals surface area contributed by atoms with Crippen LogP contribution in [-0.4, -0.2) is 50.8 Å². The van der Waals surface area contributed by atoms with Gasteiger partial charge in [-0.1, -0.05) is 12.1 Å². The number of aryl methyl sites for hydroxylation is 1. The summed E-state index contributed by atoms with van der Waals surface area (Å²) in [5.74, 6) is -1.38. The molecule has 7 nitrogen and oxygen atoms in total. The SMILES string of the molecule is Cc1cc(NC(=O)CN2CCCC2C(=O)O)n(-c2ccccc2F)n1. The monoisotopic (exact) mass is 346 g/mol. The van der Waals surface area contributed by atoms with Crippen LogP contribution in [0.4, 0.5) is 10.2 Å². The number of carbonyl (C=O) groups excluding carboxylic acids is 1. The first kappa shape index (κ1) is 17.1. The first-order valence-electron chi connectivity index (χ1n) is 8.04. The molecule has 1 aliphatic rings. The van der Waals surface area contributed by atoms with E-state index < -0.39 is 17.8 Å². The minimum absolute atomic E-state index is 0.0293. The highest BCUT2D eigenvalue weighted by Crippen LogP contribution is 2.21. The number of aliphatic carboxylic acids is 1. The fraction of sp³-hybridized carbons (Fsp3) is 0.353. The lowest BCUT2D eigenvalue weighted by Crippen LogP contribution is -2.41. The van der Waals surface area contributed by atoms with Crippen LogP contribution in [0.5, 0.6) is 0 Å². The maximum Gasteiger partial charge on any atom is 0.320 e. The molecule has 25 heavy (non-hydrogen) atoms. The highest BCUT2D eigenvalue weighted by atomic mass is 19.1. The van der Waals surface area contributed by atoms with Crippen molar-refractivity contribution >= 4 is 17.7 Å². The third kappa shape index (κ3) is 3.69. The summed E-state index contributed by atoms with van der Waals surface area (Å²) in [6.45, 7) is 2.28. The molecule has 3 rings (SSSR count). The summed E-state index contributed by atoms with van der Waals surface area (Å²) >= 11 is 0. The molecule has 1 unspecified atom stereocenters. The second-order valence-electron chi connectivity index (χ2n) is 6.05. The first-order valence-corrected chi connectivity index (χ1v) is 8.04. The highest BCUT2D eigenvalue weighted by molar-refractivity contribution is 5.92. The number of carboxylic acids is 1. The number of rotatable bonds is 5. The number of carboxylic acid groups (broad SMARTS) is 1. The maximum atomic E-state index is 14.0. The third-order valence-corrected chi connectivity index (χ3v) is 4.18. The highest BCUT2D eigenvalue weighted by Gasteiger charge is 2.31. The van der Waals surface area contributed by atoms with Crippen molar-refractivity contribution in [3.63, 3.8) is 0 Å². The van der Waals surface area contributed by atoms with Gasteiger partial charge in [0.1, 0.15) is 23.4 Å². The number of nitrogens with one attached hydrogen (secondary N) is 1. The van der Waals surface area contributed by atoms with Crippen molar-refractivity contribution < 1.29 is 19.1 Å². The molecule has 1 saturated heterocycles. The molecule has 132 valence electrons. The van der Waals surface area contributed by atoms with E-state index in [2.05, 4.69) is 10.4 Å². The minimum atomic E-state index is -0.919. The van der Waals surface area contributed by atoms with E-state index in [1.165, 1.54) is 10.7 Å². The number of aromatic nitrogens is 2. The van der Waals surface area contributed by atoms with Gasteiger partial charge in [0, 0.05) is 6.07 Å². The molecule has 1 aromatic heterocycles. The molecule has 1 fully saturated rings. The standard InChI is InChI=1S/C17H19FN4O3/c1-11-9-15(22(20-11)13-6-3-2-5-12(13)18)19-16(23)10-21-8-4-7-14(21)17(24)25/h2-3,5-6,9,14H,4,7-8,10H2,1H3,(H,19,23)(H,24,25). The van der Waals surface area contributed by atoms with Gasteiger partial charge in [-0.05, 0) is 38.4 Å². The maximum absolute atomic E-state index is 14.0. The molecular weight excluding hydrogens is 327 g/mol. The average Bonchev–Trinajstić information content (AvgIpc) is 3.14. The Balaban J connectivity index is 1.76. The molecule has 1 aliphatic heterocycles. The molecule has 1 aromatic carbocycles. The molecule has 1 amide bonds. The fourth-order valence-corrected chi connectivity index (χ4v) is 3.06. The Labute approximate surface area is 144 Å². The van der Waals surface area contributed by atoms with Gasteiger partial charge in [0.25, 0.3) is 0 Å². The lowest BCUT2D eigenvalue weighted by Gasteiger charge is -2.20. The summed E-state index contributed by atoms with van der Waals surface area (Å²) in [4.78, 5) is 25.2. The molecule has 2 N–H and O–H groups in total. The van der Waals surface area contributed by atoms with E-state index in [9.17, 15) is 19.1 Å². The van der Waals surface area contributed by atoms with E-state index >= 15 is 0 Å². The van der Waals surface area contributed by atoms with Crippen LogP contribution in [0.3, 0.4) is 0 Å². The molecule has 0 bridgehead atoms. The van der Waals surface area contributed by atoms with Crippen LogP contribution in [-0.2, 0) is 9.59 Å². The van der Waals surface area contributed by atoms with Crippen molar-refractivity contribution in [3.05, 3.63) is 41.8 Å². The van der Waals surface area contributed by atoms with Crippen LogP contribution >= 0.6 is 0 Å². The topological polar surface area (TPSA) is 87.5 Å². The predicted molar refractivity (Wildman–Crippen MR) is 89.1 cm³/mol. The number of nitrogens with zero attached hydrogens (tertiary/aromatic N) is 3. The van der Waals surface area contributed by atoms with Crippen LogP contribution in [0.2, 0.25) is 0 Å². The van der Waals surface area contributed by atoms with E-state index in [-0.39, 0.29) is 18.1 Å². The minimum Gasteiger partial charge on any atom is -0.480 e. The Kier molecular flexibility index (Phi) is 4.80. The van der Waals surface area contributed by atoms with Gasteiger partial charge in [0.05, 0.1) is 12.2 Å². The zero-order valence-electron chi connectivity index (χ0n) is 13.8. The molecule has 1 atom stereocenters. The number of para-hydroxylation sites is 1. The number of hydrogen-bond donors (Lipinski definition) is 2. The molecule has 0 aliphatic carbocycles. The van der Waals surface area contributed by atoms with Crippen molar-refractivity contribution in [2.45, 2.75) is 25.8 Å². The van der Waals surface area contributed by atoms with Crippen molar-refractivity contribution in [2.24, 2.45) is 0 Å². The zero-order chi connectivity index (χ0) is 18.0. The van der Waals surface area contributed by atoms with Gasteiger partial charge >= 0.3 is 5.97 Å². The zero-order valence-corrected chi connectivity index (χ0v) is 13.8. The van der Waals surface area contributed by atoms with E-state index in [4.69, 9.17) is 0 Å².